The van der Waals surface area contributed by atoms with Gasteiger partial charge in [-0.05, 0) is 23.4 Å². The quantitative estimate of drug-likeness (QED) is 0.580. The van der Waals surface area contributed by atoms with Gasteiger partial charge in [-0.2, -0.15) is 0 Å². The molecule has 0 unspecified atom stereocenters. The van der Waals surface area contributed by atoms with Crippen LogP contribution in [0.4, 0.5) is 0 Å². The summed E-state index contributed by atoms with van der Waals surface area (Å²) in [5.74, 6) is 0. The molecule has 0 atom stereocenters. The molecule has 0 radical (unpaired) electrons. The zero-order valence-electron chi connectivity index (χ0n) is 6.51. The van der Waals surface area contributed by atoms with Gasteiger partial charge in [0.1, 0.15) is 12.9 Å². The largest absolute Gasteiger partial charge is 0.494 e. The first-order valence-electron chi connectivity index (χ1n) is 3.51. The van der Waals surface area contributed by atoms with Crippen LogP contribution in [-0.4, -0.2) is 12.8 Å². The molecule has 0 aromatic heterocycles. The second-order valence-electron chi connectivity index (χ2n) is 1.87. The van der Waals surface area contributed by atoms with E-state index in [0.29, 0.717) is 6.61 Å². The number of nitrogens with one attached hydrogen (secondary N) is 1. The Bertz CT molecular complexity index is 173. The summed E-state index contributed by atoms with van der Waals surface area (Å²) in [6.07, 6.45) is 10.7. The number of allylic oxidation sites excluding steroid dienone is 2. The van der Waals surface area contributed by atoms with E-state index in [1.165, 1.54) is 0 Å². The van der Waals surface area contributed by atoms with Gasteiger partial charge in [-0.15, -0.1) is 0 Å². The maximum absolute atomic E-state index is 4.74. The van der Waals surface area contributed by atoms with Crippen molar-refractivity contribution in [1.29, 1.82) is 0 Å². The third-order valence-electron chi connectivity index (χ3n) is 1.01. The zero-order chi connectivity index (χ0) is 8.49. The van der Waals surface area contributed by atoms with Crippen molar-refractivity contribution in [1.82, 2.24) is 4.72 Å². The number of nitrogens with zero attached hydrogens (tertiary/aromatic N) is 1. The van der Waals surface area contributed by atoms with E-state index < -0.39 is 0 Å². The molecule has 0 spiro atoms. The lowest BCUT2D eigenvalue weighted by Gasteiger charge is -1.94. The predicted molar refractivity (Wildman–Crippen MR) is 52.6 cm³/mol. The Morgan fingerprint density at radius 3 is 2.58 bits per heavy atom. The molecule has 64 valence electrons. The number of rotatable bonds is 0. The molecular formula is C8H10N2OS. The van der Waals surface area contributed by atoms with Crippen molar-refractivity contribution in [2.24, 2.45) is 4.99 Å². The van der Waals surface area contributed by atoms with Crippen molar-refractivity contribution >= 4 is 18.2 Å². The average Bonchev–Trinajstić information content (AvgIpc) is 2.24. The fraction of sp³-hybridized carbons (Fsp3) is 0.125. The Hall–Kier alpha value is -1.16. The van der Waals surface area contributed by atoms with Crippen LogP contribution in [0, 0.1) is 0 Å². The van der Waals surface area contributed by atoms with Crippen LogP contribution in [0.1, 0.15) is 0 Å². The van der Waals surface area contributed by atoms with Gasteiger partial charge in [0.25, 0.3) is 0 Å². The van der Waals surface area contributed by atoms with Crippen LogP contribution in [0.5, 0.6) is 0 Å². The molecule has 0 saturated carbocycles. The highest BCUT2D eigenvalue weighted by atomic mass is 32.2. The Kier molecular flexibility index (Phi) is 4.87. The minimum atomic E-state index is 0.622. The van der Waals surface area contributed by atoms with Gasteiger partial charge in [-0.3, -0.25) is 4.99 Å². The Morgan fingerprint density at radius 2 is 2.42 bits per heavy atom. The summed E-state index contributed by atoms with van der Waals surface area (Å²) in [6.45, 7) is 0.622. The van der Waals surface area contributed by atoms with E-state index in [0.717, 1.165) is 0 Å². The molecule has 0 fully saturated rings. The standard InChI is InChI=1S/C4H5NO.C4H5NS/c1-3-6-4-2-5-1;1-2-4-6-5-3-1/h1-3H,4H2;1-5H. The Labute approximate surface area is 76.0 Å². The second-order valence-corrected chi connectivity index (χ2v) is 2.62. The van der Waals surface area contributed by atoms with Crippen molar-refractivity contribution in [2.45, 2.75) is 0 Å². The van der Waals surface area contributed by atoms with E-state index in [2.05, 4.69) is 9.71 Å². The van der Waals surface area contributed by atoms with Crippen LogP contribution in [0.3, 0.4) is 0 Å². The summed E-state index contributed by atoms with van der Waals surface area (Å²) in [5, 5.41) is 1.99. The molecule has 4 heteroatoms. The van der Waals surface area contributed by atoms with Gasteiger partial charge in [-0.25, -0.2) is 0 Å². The average molecular weight is 182 g/mol. The Balaban J connectivity index is 0.000000120. The Morgan fingerprint density at radius 1 is 1.42 bits per heavy atom. The fourth-order valence-corrected chi connectivity index (χ4v) is 0.944. The molecule has 0 aromatic rings. The maximum Gasteiger partial charge on any atom is 0.123 e. The first-order valence-corrected chi connectivity index (χ1v) is 4.39. The van der Waals surface area contributed by atoms with Gasteiger partial charge in [0, 0.05) is 12.4 Å². The molecule has 0 amide bonds. The maximum atomic E-state index is 4.74. The predicted octanol–water partition coefficient (Wildman–Crippen LogP) is 1.82. The monoisotopic (exact) mass is 182 g/mol. The first-order chi connectivity index (χ1) is 6.00. The van der Waals surface area contributed by atoms with Gasteiger partial charge in [0.15, 0.2) is 0 Å². The summed E-state index contributed by atoms with van der Waals surface area (Å²) in [6, 6.07) is 0. The highest BCUT2D eigenvalue weighted by Gasteiger charge is 1.76. The minimum Gasteiger partial charge on any atom is -0.494 e. The fourth-order valence-electron chi connectivity index (χ4n) is 0.539. The molecule has 2 rings (SSSR count). The number of hydrogen-bond donors (Lipinski definition) is 1. The summed E-state index contributed by atoms with van der Waals surface area (Å²) in [5.41, 5.74) is 0. The molecule has 0 aromatic carbocycles. The van der Waals surface area contributed by atoms with Crippen LogP contribution in [0.15, 0.2) is 41.2 Å². The molecule has 12 heavy (non-hydrogen) atoms. The van der Waals surface area contributed by atoms with Crippen molar-refractivity contribution in [3.8, 4) is 0 Å². The lowest BCUT2D eigenvalue weighted by atomic mass is 10.6. The van der Waals surface area contributed by atoms with E-state index in [1.54, 1.807) is 30.6 Å². The first kappa shape index (κ1) is 8.93. The van der Waals surface area contributed by atoms with Crippen molar-refractivity contribution in [2.75, 3.05) is 6.61 Å². The smallest absolute Gasteiger partial charge is 0.123 e. The summed E-state index contributed by atoms with van der Waals surface area (Å²) in [4.78, 5) is 3.75. The summed E-state index contributed by atoms with van der Waals surface area (Å²) in [7, 11) is 0. The van der Waals surface area contributed by atoms with Crippen molar-refractivity contribution in [3.63, 3.8) is 0 Å². The van der Waals surface area contributed by atoms with Crippen LogP contribution < -0.4 is 4.72 Å². The van der Waals surface area contributed by atoms with E-state index in [1.807, 2.05) is 23.8 Å². The van der Waals surface area contributed by atoms with Crippen molar-refractivity contribution < 1.29 is 4.74 Å². The molecule has 1 N–H and O–H groups in total. The van der Waals surface area contributed by atoms with Crippen LogP contribution in [0.2, 0.25) is 0 Å². The SMILES string of the molecule is C1=CNSC=C1.C1=COCC=N1. The van der Waals surface area contributed by atoms with E-state index >= 15 is 0 Å². The number of hydrogen-bond acceptors (Lipinski definition) is 4. The second kappa shape index (κ2) is 6.54. The number of ether oxygens (including phenoxy) is 1. The molecule has 2 aliphatic rings. The highest BCUT2D eigenvalue weighted by Crippen LogP contribution is 1.98. The molecule has 0 saturated heterocycles. The van der Waals surface area contributed by atoms with Gasteiger partial charge in [-0.1, -0.05) is 6.08 Å². The third-order valence-corrected chi connectivity index (χ3v) is 1.57. The summed E-state index contributed by atoms with van der Waals surface area (Å²) >= 11 is 1.58. The van der Waals surface area contributed by atoms with Crippen LogP contribution in [0.25, 0.3) is 0 Å². The van der Waals surface area contributed by atoms with Gasteiger partial charge < -0.3 is 9.46 Å². The number of aliphatic imine (C=N–C) groups is 1. The minimum absolute atomic E-state index is 0.622. The highest BCUT2D eigenvalue weighted by molar-refractivity contribution is 8.00. The molecule has 0 bridgehead atoms. The lowest BCUT2D eigenvalue weighted by Crippen LogP contribution is -1.90. The van der Waals surface area contributed by atoms with Crippen molar-refractivity contribution in [3.05, 3.63) is 36.2 Å². The van der Waals surface area contributed by atoms with E-state index in [-0.39, 0.29) is 0 Å². The van der Waals surface area contributed by atoms with Crippen LogP contribution >= 0.6 is 11.9 Å². The van der Waals surface area contributed by atoms with E-state index in [9.17, 15) is 0 Å². The topological polar surface area (TPSA) is 33.6 Å². The van der Waals surface area contributed by atoms with Crippen LogP contribution in [-0.2, 0) is 4.74 Å². The normalized spacial score (nSPS) is 17.3. The molecule has 2 aliphatic heterocycles. The van der Waals surface area contributed by atoms with Gasteiger partial charge in [0.05, 0.1) is 6.20 Å². The molecule has 0 aliphatic carbocycles. The van der Waals surface area contributed by atoms with E-state index in [4.69, 9.17) is 4.74 Å². The zero-order valence-corrected chi connectivity index (χ0v) is 7.33. The van der Waals surface area contributed by atoms with Gasteiger partial charge in [0.2, 0.25) is 0 Å². The lowest BCUT2D eigenvalue weighted by molar-refractivity contribution is 0.300. The molecular weight excluding hydrogens is 172 g/mol. The van der Waals surface area contributed by atoms with Gasteiger partial charge >= 0.3 is 0 Å². The summed E-state index contributed by atoms with van der Waals surface area (Å²) < 4.78 is 7.67. The third kappa shape index (κ3) is 4.62. The molecule has 3 nitrogen and oxygen atoms in total. The molecule has 2 heterocycles.